The summed E-state index contributed by atoms with van der Waals surface area (Å²) >= 11 is 0. The van der Waals surface area contributed by atoms with E-state index in [4.69, 9.17) is 9.47 Å². The lowest BCUT2D eigenvalue weighted by Gasteiger charge is -2.26. The first-order valence-corrected chi connectivity index (χ1v) is 6.75. The van der Waals surface area contributed by atoms with Crippen molar-refractivity contribution in [2.45, 2.75) is 32.2 Å². The number of nitrogens with one attached hydrogen (secondary N) is 1. The monoisotopic (exact) mass is 241 g/mol. The maximum Gasteiger partial charge on any atom is 0.145 e. The van der Waals surface area contributed by atoms with Gasteiger partial charge in [-0.2, -0.15) is 0 Å². The van der Waals surface area contributed by atoms with Gasteiger partial charge in [0.2, 0.25) is 0 Å². The van der Waals surface area contributed by atoms with Crippen LogP contribution in [0.4, 0.5) is 0 Å². The molecule has 0 aromatic heterocycles. The highest BCUT2D eigenvalue weighted by atomic mass is 16.5. The SMILES string of the molecule is CCCNC1COCC1C(=O)C1CCCOC1. The molecular weight excluding hydrogens is 218 g/mol. The minimum Gasteiger partial charge on any atom is -0.381 e. The van der Waals surface area contributed by atoms with Gasteiger partial charge in [0.1, 0.15) is 5.78 Å². The normalized spacial score (nSPS) is 33.8. The summed E-state index contributed by atoms with van der Waals surface area (Å²) in [6, 6.07) is 0.212. The van der Waals surface area contributed by atoms with E-state index in [2.05, 4.69) is 12.2 Å². The fourth-order valence-corrected chi connectivity index (χ4v) is 2.63. The molecule has 17 heavy (non-hydrogen) atoms. The molecule has 0 aromatic rings. The highest BCUT2D eigenvalue weighted by molar-refractivity contribution is 5.84. The van der Waals surface area contributed by atoms with Crippen LogP contribution >= 0.6 is 0 Å². The van der Waals surface area contributed by atoms with Crippen molar-refractivity contribution in [2.75, 3.05) is 33.0 Å². The first-order valence-electron chi connectivity index (χ1n) is 6.75. The Hall–Kier alpha value is -0.450. The van der Waals surface area contributed by atoms with E-state index >= 15 is 0 Å². The van der Waals surface area contributed by atoms with Gasteiger partial charge in [-0.1, -0.05) is 6.92 Å². The van der Waals surface area contributed by atoms with Gasteiger partial charge in [-0.25, -0.2) is 0 Å². The predicted octanol–water partition coefficient (Wildman–Crippen LogP) is 0.997. The average molecular weight is 241 g/mol. The van der Waals surface area contributed by atoms with Gasteiger partial charge in [-0.3, -0.25) is 4.79 Å². The Balaban J connectivity index is 1.88. The van der Waals surface area contributed by atoms with Crippen LogP contribution in [0.25, 0.3) is 0 Å². The number of carbonyl (C=O) groups excluding carboxylic acids is 1. The van der Waals surface area contributed by atoms with Crippen LogP contribution in [0.15, 0.2) is 0 Å². The zero-order chi connectivity index (χ0) is 12.1. The Kier molecular flexibility index (Phi) is 4.95. The van der Waals surface area contributed by atoms with Crippen molar-refractivity contribution in [1.82, 2.24) is 5.32 Å². The molecule has 0 aromatic carbocycles. The summed E-state index contributed by atoms with van der Waals surface area (Å²) in [5.74, 6) is 0.477. The van der Waals surface area contributed by atoms with Gasteiger partial charge < -0.3 is 14.8 Å². The third-order valence-electron chi connectivity index (χ3n) is 3.67. The van der Waals surface area contributed by atoms with E-state index in [1.165, 1.54) is 0 Å². The molecule has 3 atom stereocenters. The van der Waals surface area contributed by atoms with E-state index in [1.807, 2.05) is 0 Å². The molecule has 2 aliphatic heterocycles. The summed E-state index contributed by atoms with van der Waals surface area (Å²) < 4.78 is 10.9. The van der Waals surface area contributed by atoms with Crippen molar-refractivity contribution in [3.05, 3.63) is 0 Å². The Morgan fingerprint density at radius 1 is 1.29 bits per heavy atom. The summed E-state index contributed by atoms with van der Waals surface area (Å²) in [7, 11) is 0. The second-order valence-corrected chi connectivity index (χ2v) is 5.02. The molecule has 2 saturated heterocycles. The van der Waals surface area contributed by atoms with Gasteiger partial charge in [0.25, 0.3) is 0 Å². The van der Waals surface area contributed by atoms with E-state index in [0.29, 0.717) is 25.6 Å². The maximum atomic E-state index is 12.4. The van der Waals surface area contributed by atoms with Crippen LogP contribution in [0, 0.1) is 11.8 Å². The van der Waals surface area contributed by atoms with Crippen LogP contribution in [-0.2, 0) is 14.3 Å². The molecular formula is C13H23NO3. The number of Topliss-reactive ketones (excluding diaryl/α,β-unsaturated/α-hetero) is 1. The molecule has 0 amide bonds. The second kappa shape index (κ2) is 6.47. The molecule has 3 unspecified atom stereocenters. The first-order chi connectivity index (χ1) is 8.33. The number of hydrogen-bond donors (Lipinski definition) is 1. The van der Waals surface area contributed by atoms with Crippen LogP contribution in [0.2, 0.25) is 0 Å². The van der Waals surface area contributed by atoms with E-state index in [-0.39, 0.29) is 17.9 Å². The fourth-order valence-electron chi connectivity index (χ4n) is 2.63. The summed E-state index contributed by atoms with van der Waals surface area (Å²) in [4.78, 5) is 12.4. The van der Waals surface area contributed by atoms with Crippen molar-refractivity contribution in [3.8, 4) is 0 Å². The fraction of sp³-hybridized carbons (Fsp3) is 0.923. The molecule has 0 aliphatic carbocycles. The zero-order valence-electron chi connectivity index (χ0n) is 10.6. The van der Waals surface area contributed by atoms with Crippen LogP contribution in [0.1, 0.15) is 26.2 Å². The second-order valence-electron chi connectivity index (χ2n) is 5.02. The Morgan fingerprint density at radius 2 is 2.18 bits per heavy atom. The molecule has 0 saturated carbocycles. The standard InChI is InChI=1S/C13H23NO3/c1-2-5-14-12-9-17-8-11(12)13(15)10-4-3-6-16-7-10/h10-12,14H,2-9H2,1H3. The van der Waals surface area contributed by atoms with Crippen molar-refractivity contribution < 1.29 is 14.3 Å². The summed E-state index contributed by atoms with van der Waals surface area (Å²) in [5, 5.41) is 3.41. The number of ether oxygens (including phenoxy) is 2. The van der Waals surface area contributed by atoms with Crippen LogP contribution in [-0.4, -0.2) is 44.8 Å². The molecule has 1 N–H and O–H groups in total. The summed E-state index contributed by atoms with van der Waals surface area (Å²) in [6.45, 7) is 5.76. The first kappa shape index (κ1) is 13.0. The van der Waals surface area contributed by atoms with Crippen LogP contribution in [0.3, 0.4) is 0 Å². The molecule has 2 aliphatic rings. The highest BCUT2D eigenvalue weighted by Gasteiger charge is 2.37. The van der Waals surface area contributed by atoms with Crippen LogP contribution < -0.4 is 5.32 Å². The van der Waals surface area contributed by atoms with E-state index in [9.17, 15) is 4.79 Å². The molecule has 98 valence electrons. The minimum atomic E-state index is 0.0354. The van der Waals surface area contributed by atoms with Crippen molar-refractivity contribution in [2.24, 2.45) is 11.8 Å². The van der Waals surface area contributed by atoms with Crippen molar-refractivity contribution in [3.63, 3.8) is 0 Å². The summed E-state index contributed by atoms with van der Waals surface area (Å²) in [6.07, 6.45) is 3.08. The molecule has 2 rings (SSSR count). The van der Waals surface area contributed by atoms with Gasteiger partial charge in [-0.05, 0) is 25.8 Å². The number of hydrogen-bond acceptors (Lipinski definition) is 4. The number of carbonyl (C=O) groups is 1. The third-order valence-corrected chi connectivity index (χ3v) is 3.67. The molecule has 4 heteroatoms. The van der Waals surface area contributed by atoms with Crippen molar-refractivity contribution >= 4 is 5.78 Å². The molecule has 4 nitrogen and oxygen atoms in total. The van der Waals surface area contributed by atoms with Gasteiger partial charge in [0, 0.05) is 18.6 Å². The Bertz CT molecular complexity index is 251. The van der Waals surface area contributed by atoms with E-state index in [1.54, 1.807) is 0 Å². The largest absolute Gasteiger partial charge is 0.381 e. The van der Waals surface area contributed by atoms with E-state index < -0.39 is 0 Å². The lowest BCUT2D eigenvalue weighted by Crippen LogP contribution is -2.43. The molecule has 0 spiro atoms. The number of rotatable bonds is 5. The minimum absolute atomic E-state index is 0.0354. The Morgan fingerprint density at radius 3 is 2.88 bits per heavy atom. The highest BCUT2D eigenvalue weighted by Crippen LogP contribution is 2.23. The number of ketones is 1. The smallest absolute Gasteiger partial charge is 0.145 e. The van der Waals surface area contributed by atoms with Gasteiger partial charge in [0.05, 0.1) is 25.7 Å². The maximum absolute atomic E-state index is 12.4. The third kappa shape index (κ3) is 3.27. The van der Waals surface area contributed by atoms with Gasteiger partial charge >= 0.3 is 0 Å². The van der Waals surface area contributed by atoms with Gasteiger partial charge in [0.15, 0.2) is 0 Å². The predicted molar refractivity (Wildman–Crippen MR) is 64.9 cm³/mol. The lowest BCUT2D eigenvalue weighted by atomic mass is 9.86. The average Bonchev–Trinajstić information content (AvgIpc) is 2.84. The topological polar surface area (TPSA) is 47.6 Å². The quantitative estimate of drug-likeness (QED) is 0.780. The summed E-state index contributed by atoms with van der Waals surface area (Å²) in [5.41, 5.74) is 0. The molecule has 0 bridgehead atoms. The van der Waals surface area contributed by atoms with Crippen molar-refractivity contribution in [1.29, 1.82) is 0 Å². The van der Waals surface area contributed by atoms with Crippen LogP contribution in [0.5, 0.6) is 0 Å². The molecule has 0 radical (unpaired) electrons. The van der Waals surface area contributed by atoms with Gasteiger partial charge in [-0.15, -0.1) is 0 Å². The lowest BCUT2D eigenvalue weighted by molar-refractivity contribution is -0.131. The molecule has 2 fully saturated rings. The zero-order valence-corrected chi connectivity index (χ0v) is 10.6. The molecule has 2 heterocycles. The van der Waals surface area contributed by atoms with E-state index in [0.717, 1.165) is 32.4 Å². The Labute approximate surface area is 103 Å².